The molecule has 0 saturated heterocycles. The summed E-state index contributed by atoms with van der Waals surface area (Å²) in [7, 11) is 4.40. The third-order valence-corrected chi connectivity index (χ3v) is 5.56. The molecule has 0 N–H and O–H groups in total. The van der Waals surface area contributed by atoms with Gasteiger partial charge in [-0.05, 0) is 55.7 Å². The maximum Gasteiger partial charge on any atom is 0.340 e. The van der Waals surface area contributed by atoms with Gasteiger partial charge in [-0.1, -0.05) is 6.07 Å². The van der Waals surface area contributed by atoms with Crippen LogP contribution in [0.1, 0.15) is 12.5 Å². The number of esters is 1. The molecule has 1 heterocycles. The zero-order valence-electron chi connectivity index (χ0n) is 17.5. The Hall–Kier alpha value is -3.19. The Morgan fingerprint density at radius 2 is 1.83 bits per heavy atom. The van der Waals surface area contributed by atoms with Crippen LogP contribution in [-0.2, 0) is 14.3 Å². The van der Waals surface area contributed by atoms with Crippen molar-refractivity contribution < 1.29 is 23.8 Å². The van der Waals surface area contributed by atoms with E-state index < -0.39 is 5.97 Å². The molecule has 7 heteroatoms. The number of nitrogens with zero attached hydrogens (tertiary/aromatic N) is 1. The minimum absolute atomic E-state index is 0.224. The maximum absolute atomic E-state index is 13.4. The van der Waals surface area contributed by atoms with E-state index in [4.69, 9.17) is 14.2 Å². The zero-order chi connectivity index (χ0) is 21.8. The molecule has 0 atom stereocenters. The molecule has 1 amide bonds. The van der Waals surface area contributed by atoms with Crippen LogP contribution in [0.3, 0.4) is 0 Å². The first kappa shape index (κ1) is 21.5. The molecule has 30 heavy (non-hydrogen) atoms. The van der Waals surface area contributed by atoms with Crippen LogP contribution < -0.4 is 14.4 Å². The van der Waals surface area contributed by atoms with Crippen LogP contribution in [0.5, 0.6) is 11.5 Å². The van der Waals surface area contributed by atoms with Gasteiger partial charge in [-0.3, -0.25) is 9.69 Å². The maximum atomic E-state index is 13.4. The van der Waals surface area contributed by atoms with Crippen molar-refractivity contribution >= 4 is 35.4 Å². The van der Waals surface area contributed by atoms with Crippen LogP contribution in [-0.4, -0.2) is 39.5 Å². The van der Waals surface area contributed by atoms with Gasteiger partial charge in [0, 0.05) is 16.2 Å². The number of benzene rings is 2. The molecular weight excluding hydrogens is 402 g/mol. The Bertz CT molecular complexity index is 1060. The second kappa shape index (κ2) is 9.09. The smallest absolute Gasteiger partial charge is 0.340 e. The van der Waals surface area contributed by atoms with Crippen molar-refractivity contribution in [2.45, 2.75) is 11.8 Å². The summed E-state index contributed by atoms with van der Waals surface area (Å²) in [4.78, 5) is 28.6. The number of carbonyl (C=O) groups excluding carboxylic acids is 2. The fourth-order valence-electron chi connectivity index (χ4n) is 3.35. The lowest BCUT2D eigenvalue weighted by Gasteiger charge is -2.18. The Labute approximate surface area is 180 Å². The van der Waals surface area contributed by atoms with Crippen LogP contribution >= 0.6 is 11.8 Å². The number of amides is 1. The van der Waals surface area contributed by atoms with Crippen molar-refractivity contribution in [3.63, 3.8) is 0 Å². The molecule has 156 valence electrons. The number of anilines is 1. The lowest BCUT2D eigenvalue weighted by molar-refractivity contribution is -0.136. The molecule has 0 spiro atoms. The molecule has 0 bridgehead atoms. The van der Waals surface area contributed by atoms with E-state index >= 15 is 0 Å². The molecule has 0 radical (unpaired) electrons. The number of hydrogen-bond acceptors (Lipinski definition) is 6. The topological polar surface area (TPSA) is 65.1 Å². The molecule has 3 rings (SSSR count). The van der Waals surface area contributed by atoms with Gasteiger partial charge in [0.15, 0.2) is 0 Å². The molecule has 2 aromatic carbocycles. The Morgan fingerprint density at radius 3 is 2.47 bits per heavy atom. The molecular formula is C23H23NO5S. The molecule has 0 aromatic heterocycles. The van der Waals surface area contributed by atoms with Crippen LogP contribution in [0.2, 0.25) is 0 Å². The molecule has 0 aliphatic carbocycles. The van der Waals surface area contributed by atoms with Gasteiger partial charge in [-0.25, -0.2) is 4.79 Å². The van der Waals surface area contributed by atoms with E-state index in [0.29, 0.717) is 28.4 Å². The highest BCUT2D eigenvalue weighted by molar-refractivity contribution is 7.98. The zero-order valence-corrected chi connectivity index (χ0v) is 18.3. The average Bonchev–Trinajstić information content (AvgIpc) is 3.02. The van der Waals surface area contributed by atoms with Crippen molar-refractivity contribution in [3.05, 3.63) is 64.9 Å². The minimum atomic E-state index is -0.572. The molecule has 6 nitrogen and oxygen atoms in total. The van der Waals surface area contributed by atoms with E-state index in [-0.39, 0.29) is 17.1 Å². The summed E-state index contributed by atoms with van der Waals surface area (Å²) < 4.78 is 15.7. The monoisotopic (exact) mass is 425 g/mol. The van der Waals surface area contributed by atoms with E-state index in [1.807, 2.05) is 30.5 Å². The van der Waals surface area contributed by atoms with Crippen LogP contribution in [0.25, 0.3) is 6.08 Å². The molecule has 1 aliphatic rings. The molecule has 2 aromatic rings. The van der Waals surface area contributed by atoms with Gasteiger partial charge in [0.25, 0.3) is 5.91 Å². The van der Waals surface area contributed by atoms with Crippen molar-refractivity contribution in [2.75, 3.05) is 32.5 Å². The Morgan fingerprint density at radius 1 is 1.07 bits per heavy atom. The summed E-state index contributed by atoms with van der Waals surface area (Å²) in [6.45, 7) is 1.74. The van der Waals surface area contributed by atoms with Gasteiger partial charge >= 0.3 is 5.97 Å². The van der Waals surface area contributed by atoms with Gasteiger partial charge in [0.05, 0.1) is 38.2 Å². The van der Waals surface area contributed by atoms with E-state index in [2.05, 4.69) is 0 Å². The van der Waals surface area contributed by atoms with Gasteiger partial charge < -0.3 is 14.2 Å². The fourth-order valence-corrected chi connectivity index (χ4v) is 3.80. The molecule has 1 aliphatic heterocycles. The summed E-state index contributed by atoms with van der Waals surface area (Å²) in [5.41, 5.74) is 2.28. The summed E-state index contributed by atoms with van der Waals surface area (Å²) in [6, 6.07) is 12.9. The summed E-state index contributed by atoms with van der Waals surface area (Å²) in [5.74, 6) is 0.284. The van der Waals surface area contributed by atoms with Gasteiger partial charge in [0.1, 0.15) is 11.5 Å². The first-order valence-corrected chi connectivity index (χ1v) is 10.4. The number of allylic oxidation sites excluding steroid dienone is 1. The number of thioether (sulfide) groups is 1. The SMILES string of the molecule is COC(=O)C1=C(C)N(c2cccc(SC)c2)C(=O)/C1=C\c1cc(OC)ccc1OC. The standard InChI is InChI=1S/C23H23NO5S/c1-14-21(23(26)29-4)19(12-15-11-17(27-2)9-10-20(15)28-3)22(25)24(14)16-7-6-8-18(13-16)30-5/h6-13H,1-5H3/b19-12-. The minimum Gasteiger partial charge on any atom is -0.497 e. The summed E-state index contributed by atoms with van der Waals surface area (Å²) in [6.07, 6.45) is 3.60. The largest absolute Gasteiger partial charge is 0.497 e. The normalized spacial score (nSPS) is 15.0. The third-order valence-electron chi connectivity index (χ3n) is 4.84. The van der Waals surface area contributed by atoms with Crippen LogP contribution in [0.15, 0.2) is 64.2 Å². The highest BCUT2D eigenvalue weighted by atomic mass is 32.2. The second-order valence-electron chi connectivity index (χ2n) is 6.46. The predicted octanol–water partition coefficient (Wildman–Crippen LogP) is 4.30. The average molecular weight is 426 g/mol. The quantitative estimate of drug-likeness (QED) is 0.391. The van der Waals surface area contributed by atoms with E-state index in [9.17, 15) is 9.59 Å². The lowest BCUT2D eigenvalue weighted by atomic mass is 10.0. The van der Waals surface area contributed by atoms with Crippen molar-refractivity contribution in [1.82, 2.24) is 0 Å². The van der Waals surface area contributed by atoms with Gasteiger partial charge in [-0.15, -0.1) is 11.8 Å². The molecule has 0 unspecified atom stereocenters. The molecule has 0 saturated carbocycles. The summed E-state index contributed by atoms with van der Waals surface area (Å²) >= 11 is 1.58. The number of methoxy groups -OCH3 is 3. The highest BCUT2D eigenvalue weighted by Gasteiger charge is 2.38. The molecule has 0 fully saturated rings. The van der Waals surface area contributed by atoms with E-state index in [0.717, 1.165) is 4.90 Å². The second-order valence-corrected chi connectivity index (χ2v) is 7.34. The van der Waals surface area contributed by atoms with Gasteiger partial charge in [0.2, 0.25) is 0 Å². The van der Waals surface area contributed by atoms with Crippen molar-refractivity contribution in [3.8, 4) is 11.5 Å². The van der Waals surface area contributed by atoms with Gasteiger partial charge in [-0.2, -0.15) is 0 Å². The first-order valence-electron chi connectivity index (χ1n) is 9.17. The first-order chi connectivity index (χ1) is 14.4. The Kier molecular flexibility index (Phi) is 6.52. The van der Waals surface area contributed by atoms with E-state index in [1.165, 1.54) is 12.0 Å². The van der Waals surface area contributed by atoms with E-state index in [1.54, 1.807) is 57.2 Å². The number of carbonyl (C=O) groups is 2. The van der Waals surface area contributed by atoms with Crippen LogP contribution in [0, 0.1) is 0 Å². The van der Waals surface area contributed by atoms with Crippen molar-refractivity contribution in [1.29, 1.82) is 0 Å². The Balaban J connectivity index is 2.18. The number of rotatable bonds is 6. The fraction of sp³-hybridized carbons (Fsp3) is 0.217. The predicted molar refractivity (Wildman–Crippen MR) is 118 cm³/mol. The highest BCUT2D eigenvalue weighted by Crippen LogP contribution is 2.38. The number of hydrogen-bond donors (Lipinski definition) is 0. The lowest BCUT2D eigenvalue weighted by Crippen LogP contribution is -2.24. The van der Waals surface area contributed by atoms with Crippen LogP contribution in [0.4, 0.5) is 5.69 Å². The number of ether oxygens (including phenoxy) is 3. The summed E-state index contributed by atoms with van der Waals surface area (Å²) in [5, 5.41) is 0. The third kappa shape index (κ3) is 3.93. The van der Waals surface area contributed by atoms with Crippen molar-refractivity contribution in [2.24, 2.45) is 0 Å².